The van der Waals surface area contributed by atoms with E-state index in [9.17, 15) is 9.59 Å². The summed E-state index contributed by atoms with van der Waals surface area (Å²) in [5.74, 6) is -0.473. The maximum Gasteiger partial charge on any atom is 0.338 e. The number of carbonyl (C=O) groups is 2. The van der Waals surface area contributed by atoms with Gasteiger partial charge in [0.05, 0.1) is 12.7 Å². The van der Waals surface area contributed by atoms with E-state index in [4.69, 9.17) is 0 Å². The first-order valence-corrected chi connectivity index (χ1v) is 5.76. The van der Waals surface area contributed by atoms with Gasteiger partial charge in [0.25, 0.3) is 5.24 Å². The van der Waals surface area contributed by atoms with Crippen LogP contribution in [0.4, 0.5) is 4.79 Å². The van der Waals surface area contributed by atoms with Crippen molar-refractivity contribution >= 4 is 23.0 Å². The highest BCUT2D eigenvalue weighted by Crippen LogP contribution is 2.27. The number of hydrogen-bond acceptors (Lipinski definition) is 4. The van der Waals surface area contributed by atoms with Gasteiger partial charge in [0.15, 0.2) is 0 Å². The van der Waals surface area contributed by atoms with Crippen molar-refractivity contribution in [1.82, 2.24) is 4.90 Å². The van der Waals surface area contributed by atoms with Crippen molar-refractivity contribution in [1.29, 1.82) is 0 Å². The van der Waals surface area contributed by atoms with Crippen LogP contribution in [0.25, 0.3) is 0 Å². The topological polar surface area (TPSA) is 46.6 Å². The van der Waals surface area contributed by atoms with Crippen molar-refractivity contribution in [2.45, 2.75) is 6.92 Å². The maximum atomic E-state index is 11.6. The molecule has 4 nitrogen and oxygen atoms in total. The van der Waals surface area contributed by atoms with Crippen LogP contribution in [0.2, 0.25) is 0 Å². The van der Waals surface area contributed by atoms with Crippen molar-refractivity contribution in [3.8, 4) is 0 Å². The summed E-state index contributed by atoms with van der Waals surface area (Å²) in [5, 5.41) is -0.165. The molecule has 1 amide bonds. The molecule has 0 saturated carbocycles. The molecule has 0 bridgehead atoms. The summed E-state index contributed by atoms with van der Waals surface area (Å²) in [6.45, 7) is 5.27. The van der Waals surface area contributed by atoms with Crippen LogP contribution in [0.5, 0.6) is 0 Å². The zero-order valence-electron chi connectivity index (χ0n) is 10.5. The number of methoxy groups -OCH3 is 1. The van der Waals surface area contributed by atoms with Crippen LogP contribution in [-0.4, -0.2) is 37.3 Å². The minimum Gasteiger partial charge on any atom is -0.465 e. The predicted octanol–water partition coefficient (Wildman–Crippen LogP) is 2.59. The Labute approximate surface area is 106 Å². The van der Waals surface area contributed by atoms with E-state index in [2.05, 4.69) is 11.3 Å². The second-order valence-electron chi connectivity index (χ2n) is 3.22. The van der Waals surface area contributed by atoms with Gasteiger partial charge in [-0.3, -0.25) is 4.79 Å². The van der Waals surface area contributed by atoms with E-state index in [1.54, 1.807) is 33.2 Å². The number of ether oxygens (including phenoxy) is 1. The molecule has 17 heavy (non-hydrogen) atoms. The second kappa shape index (κ2) is 7.73. The number of carbonyl (C=O) groups excluding carboxylic acids is 2. The van der Waals surface area contributed by atoms with Crippen LogP contribution in [0, 0.1) is 0 Å². The smallest absolute Gasteiger partial charge is 0.338 e. The minimum absolute atomic E-state index is 0.165. The van der Waals surface area contributed by atoms with Gasteiger partial charge in [-0.05, 0) is 24.8 Å². The molecule has 0 saturated heterocycles. The number of hydrogen-bond donors (Lipinski definition) is 0. The van der Waals surface area contributed by atoms with Gasteiger partial charge in [0, 0.05) is 19.0 Å². The van der Waals surface area contributed by atoms with Gasteiger partial charge in [-0.25, -0.2) is 4.79 Å². The Morgan fingerprint density at radius 1 is 1.35 bits per heavy atom. The molecule has 0 atom stereocenters. The molecule has 0 aromatic carbocycles. The molecule has 0 N–H and O–H groups in total. The third kappa shape index (κ3) is 4.91. The molecule has 5 heteroatoms. The third-order valence-corrected chi connectivity index (χ3v) is 2.91. The Morgan fingerprint density at radius 2 is 1.94 bits per heavy atom. The summed E-state index contributed by atoms with van der Waals surface area (Å²) < 4.78 is 4.65. The zero-order chi connectivity index (χ0) is 13.4. The molecule has 0 spiro atoms. The van der Waals surface area contributed by atoms with Crippen molar-refractivity contribution in [2.24, 2.45) is 0 Å². The van der Waals surface area contributed by atoms with Crippen molar-refractivity contribution in [3.05, 3.63) is 35.3 Å². The number of esters is 1. The Balaban J connectivity index is 5.11. The van der Waals surface area contributed by atoms with Crippen molar-refractivity contribution in [2.75, 3.05) is 21.2 Å². The summed E-state index contributed by atoms with van der Waals surface area (Å²) in [6.07, 6.45) is 4.74. The van der Waals surface area contributed by atoms with Crippen molar-refractivity contribution < 1.29 is 14.3 Å². The van der Waals surface area contributed by atoms with Gasteiger partial charge in [0.1, 0.15) is 0 Å². The number of nitrogens with zero attached hydrogens (tertiary/aromatic N) is 1. The summed E-state index contributed by atoms with van der Waals surface area (Å²) in [6, 6.07) is 0. The fraction of sp³-hybridized carbons (Fsp3) is 0.333. The van der Waals surface area contributed by atoms with Gasteiger partial charge < -0.3 is 9.64 Å². The minimum atomic E-state index is -0.473. The Kier molecular flexibility index (Phi) is 7.05. The lowest BCUT2D eigenvalue weighted by molar-refractivity contribution is -0.135. The van der Waals surface area contributed by atoms with Gasteiger partial charge in [-0.2, -0.15) is 0 Å². The summed E-state index contributed by atoms with van der Waals surface area (Å²) >= 11 is 0.962. The number of amides is 1. The monoisotopic (exact) mass is 255 g/mol. The van der Waals surface area contributed by atoms with Crippen LogP contribution in [-0.2, 0) is 9.53 Å². The molecule has 0 aliphatic heterocycles. The molecule has 0 fully saturated rings. The van der Waals surface area contributed by atoms with E-state index < -0.39 is 5.97 Å². The lowest BCUT2D eigenvalue weighted by Crippen LogP contribution is -2.17. The molecule has 94 valence electrons. The average Bonchev–Trinajstić information content (AvgIpc) is 2.29. The quantitative estimate of drug-likeness (QED) is 0.440. The summed E-state index contributed by atoms with van der Waals surface area (Å²) in [7, 11) is 4.60. The number of thioether (sulfide) groups is 1. The third-order valence-electron chi connectivity index (χ3n) is 1.79. The van der Waals surface area contributed by atoms with Crippen molar-refractivity contribution in [3.63, 3.8) is 0 Å². The van der Waals surface area contributed by atoms with E-state index in [-0.39, 0.29) is 5.24 Å². The molecule has 0 aromatic rings. The first kappa shape index (κ1) is 15.5. The number of allylic oxidation sites excluding steroid dienone is 3. The van der Waals surface area contributed by atoms with Gasteiger partial charge >= 0.3 is 5.97 Å². The van der Waals surface area contributed by atoms with Crippen LogP contribution >= 0.6 is 11.8 Å². The van der Waals surface area contributed by atoms with Crippen LogP contribution < -0.4 is 0 Å². The first-order chi connectivity index (χ1) is 7.97. The molecule has 0 aliphatic rings. The maximum absolute atomic E-state index is 11.6. The van der Waals surface area contributed by atoms with Gasteiger partial charge in [-0.15, -0.1) is 0 Å². The molecule has 0 unspecified atom stereocenters. The second-order valence-corrected chi connectivity index (χ2v) is 4.22. The predicted molar refractivity (Wildman–Crippen MR) is 70.7 cm³/mol. The largest absolute Gasteiger partial charge is 0.465 e. The van der Waals surface area contributed by atoms with E-state index in [1.807, 2.05) is 0 Å². The highest BCUT2D eigenvalue weighted by molar-refractivity contribution is 8.17. The summed E-state index contributed by atoms with van der Waals surface area (Å²) in [5.41, 5.74) is 0.354. The Morgan fingerprint density at radius 3 is 2.29 bits per heavy atom. The van der Waals surface area contributed by atoms with Gasteiger partial charge in [-0.1, -0.05) is 18.7 Å². The highest BCUT2D eigenvalue weighted by Gasteiger charge is 2.18. The SMILES string of the molecule is C=C/C=C(SC(=O)N(C)C)\C(=C/C)C(=O)OC. The molecule has 0 rings (SSSR count). The lowest BCUT2D eigenvalue weighted by Gasteiger charge is -2.12. The first-order valence-electron chi connectivity index (χ1n) is 4.94. The zero-order valence-corrected chi connectivity index (χ0v) is 11.3. The van der Waals surface area contributed by atoms with E-state index in [0.29, 0.717) is 10.5 Å². The fourth-order valence-electron chi connectivity index (χ4n) is 0.942. The highest BCUT2D eigenvalue weighted by atomic mass is 32.2. The number of rotatable bonds is 4. The molecule has 0 aliphatic carbocycles. The Hall–Kier alpha value is -1.49. The van der Waals surface area contributed by atoms with E-state index >= 15 is 0 Å². The van der Waals surface area contributed by atoms with Crippen LogP contribution in [0.1, 0.15) is 6.92 Å². The normalized spacial score (nSPS) is 12.0. The van der Waals surface area contributed by atoms with E-state index in [1.165, 1.54) is 18.1 Å². The molecule has 0 aromatic heterocycles. The Bertz CT molecular complexity index is 370. The molecular weight excluding hydrogens is 238 g/mol. The molecule has 0 heterocycles. The fourth-order valence-corrected chi connectivity index (χ4v) is 1.79. The average molecular weight is 255 g/mol. The van der Waals surface area contributed by atoms with Crippen LogP contribution in [0.15, 0.2) is 35.3 Å². The van der Waals surface area contributed by atoms with Crippen LogP contribution in [0.3, 0.4) is 0 Å². The van der Waals surface area contributed by atoms with E-state index in [0.717, 1.165) is 11.8 Å². The van der Waals surface area contributed by atoms with Gasteiger partial charge in [0.2, 0.25) is 0 Å². The summed E-state index contributed by atoms with van der Waals surface area (Å²) in [4.78, 5) is 25.1. The lowest BCUT2D eigenvalue weighted by atomic mass is 10.2. The standard InChI is InChI=1S/C12H17NO3S/c1-6-8-10(17-12(15)13(3)4)9(7-2)11(14)16-5/h6-8H,1H2,2-5H3/b9-7+,10-8+. The molecular formula is C12H17NO3S. The molecule has 0 radical (unpaired) electrons.